The summed E-state index contributed by atoms with van der Waals surface area (Å²) in [7, 11) is 0. The smallest absolute Gasteiger partial charge is 0.335 e. The molecule has 0 saturated heterocycles. The molecule has 3 aromatic rings. The van der Waals surface area contributed by atoms with Gasteiger partial charge in [-0.2, -0.15) is 0 Å². The molecule has 3 rings (SSSR count). The minimum Gasteiger partial charge on any atom is -0.489 e. The molecule has 0 saturated carbocycles. The van der Waals surface area contributed by atoms with Crippen LogP contribution in [0.5, 0.6) is 5.75 Å². The van der Waals surface area contributed by atoms with Crippen molar-refractivity contribution in [2.45, 2.75) is 25.9 Å². The first-order chi connectivity index (χ1) is 13.1. The Kier molecular flexibility index (Phi) is 6.87. The number of hydrogen-bond donors (Lipinski definition) is 1. The van der Waals surface area contributed by atoms with Crippen LogP contribution in [0.1, 0.15) is 33.5 Å². The van der Waals surface area contributed by atoms with Crippen LogP contribution in [0.3, 0.4) is 0 Å². The summed E-state index contributed by atoms with van der Waals surface area (Å²) in [5, 5.41) is 8.98. The number of carbonyl (C=O) groups is 1. The van der Waals surface area contributed by atoms with Crippen molar-refractivity contribution in [1.82, 2.24) is 0 Å². The third-order valence-corrected chi connectivity index (χ3v) is 5.04. The Morgan fingerprint density at radius 1 is 0.889 bits per heavy atom. The van der Waals surface area contributed by atoms with E-state index in [0.717, 1.165) is 36.1 Å². The fraction of sp³-hybridized carbons (Fsp3) is 0.174. The van der Waals surface area contributed by atoms with Gasteiger partial charge in [-0.15, -0.1) is 0 Å². The number of aromatic carboxylic acids is 1. The molecule has 0 amide bonds. The predicted octanol–water partition coefficient (Wildman–Crippen LogP) is 5.74. The molecule has 0 radical (unpaired) electrons. The molecule has 0 spiro atoms. The zero-order valence-corrected chi connectivity index (χ0v) is 17.1. The molecular weight excluding hydrogens is 451 g/mol. The minimum atomic E-state index is -0.888. The third-order valence-electron chi connectivity index (χ3n) is 4.37. The number of rotatable bonds is 8. The average Bonchev–Trinajstić information content (AvgIpc) is 2.68. The van der Waals surface area contributed by atoms with Crippen molar-refractivity contribution in [1.29, 1.82) is 0 Å². The first-order valence-electron chi connectivity index (χ1n) is 8.89. The van der Waals surface area contributed by atoms with Gasteiger partial charge in [0.25, 0.3) is 0 Å². The Morgan fingerprint density at radius 3 is 2.33 bits per heavy atom. The van der Waals surface area contributed by atoms with E-state index >= 15 is 0 Å². The standard InChI is InChI=1S/C23H21IO3/c24-21-13-14-22(27-16-18-5-2-1-3-6-18)20(15-21)8-4-7-17-9-11-19(12-10-17)23(25)26/h1-3,5-6,9-15H,4,7-8,16H2,(H,25,26). The summed E-state index contributed by atoms with van der Waals surface area (Å²) in [4.78, 5) is 10.9. The molecule has 3 nitrogen and oxygen atoms in total. The van der Waals surface area contributed by atoms with E-state index in [9.17, 15) is 4.79 Å². The van der Waals surface area contributed by atoms with Crippen molar-refractivity contribution < 1.29 is 14.6 Å². The summed E-state index contributed by atoms with van der Waals surface area (Å²) < 4.78 is 7.25. The van der Waals surface area contributed by atoms with Crippen molar-refractivity contribution in [3.8, 4) is 5.75 Å². The van der Waals surface area contributed by atoms with Crippen LogP contribution in [0.15, 0.2) is 72.8 Å². The zero-order chi connectivity index (χ0) is 19.1. The van der Waals surface area contributed by atoms with Crippen molar-refractivity contribution >= 4 is 28.6 Å². The van der Waals surface area contributed by atoms with Gasteiger partial charge in [0.1, 0.15) is 12.4 Å². The van der Waals surface area contributed by atoms with Crippen LogP contribution < -0.4 is 4.74 Å². The Hall–Kier alpha value is -2.34. The zero-order valence-electron chi connectivity index (χ0n) is 14.9. The second-order valence-corrected chi connectivity index (χ2v) is 7.63. The molecule has 0 heterocycles. The molecule has 0 aliphatic heterocycles. The van der Waals surface area contributed by atoms with Crippen LogP contribution in [0.2, 0.25) is 0 Å². The maximum absolute atomic E-state index is 10.9. The average molecular weight is 472 g/mol. The van der Waals surface area contributed by atoms with E-state index in [1.54, 1.807) is 12.1 Å². The van der Waals surface area contributed by atoms with Crippen molar-refractivity contribution in [3.63, 3.8) is 0 Å². The van der Waals surface area contributed by atoms with Gasteiger partial charge in [-0.3, -0.25) is 0 Å². The first kappa shape index (κ1) is 19.4. The van der Waals surface area contributed by atoms with E-state index in [-0.39, 0.29) is 0 Å². The van der Waals surface area contributed by atoms with Crippen LogP contribution in [-0.2, 0) is 19.4 Å². The molecule has 0 bridgehead atoms. The number of ether oxygens (including phenoxy) is 1. The second-order valence-electron chi connectivity index (χ2n) is 6.38. The van der Waals surface area contributed by atoms with Gasteiger partial charge in [0.05, 0.1) is 5.56 Å². The summed E-state index contributed by atoms with van der Waals surface area (Å²) in [6.45, 7) is 0.561. The van der Waals surface area contributed by atoms with Gasteiger partial charge in [0, 0.05) is 3.57 Å². The van der Waals surface area contributed by atoms with Gasteiger partial charge in [0.15, 0.2) is 0 Å². The van der Waals surface area contributed by atoms with E-state index < -0.39 is 5.97 Å². The highest BCUT2D eigenvalue weighted by Gasteiger charge is 2.07. The van der Waals surface area contributed by atoms with E-state index in [4.69, 9.17) is 9.84 Å². The quantitative estimate of drug-likeness (QED) is 0.425. The molecule has 4 heteroatoms. The normalized spacial score (nSPS) is 10.6. The molecule has 3 aromatic carbocycles. The highest BCUT2D eigenvalue weighted by molar-refractivity contribution is 14.1. The number of aryl methyl sites for hydroxylation is 2. The topological polar surface area (TPSA) is 46.5 Å². The van der Waals surface area contributed by atoms with Crippen LogP contribution >= 0.6 is 22.6 Å². The molecule has 0 fully saturated rings. The summed E-state index contributed by atoms with van der Waals surface area (Å²) in [6, 6.07) is 23.6. The summed E-state index contributed by atoms with van der Waals surface area (Å²) in [5.41, 5.74) is 3.84. The SMILES string of the molecule is O=C(O)c1ccc(CCCc2cc(I)ccc2OCc2ccccc2)cc1. The maximum Gasteiger partial charge on any atom is 0.335 e. The number of carboxylic acid groups (broad SMARTS) is 1. The first-order valence-corrected chi connectivity index (χ1v) is 9.97. The van der Waals surface area contributed by atoms with Crippen LogP contribution in [0.25, 0.3) is 0 Å². The molecule has 27 heavy (non-hydrogen) atoms. The van der Waals surface area contributed by atoms with Crippen molar-refractivity contribution in [2.75, 3.05) is 0 Å². The van der Waals surface area contributed by atoms with Crippen LogP contribution in [0.4, 0.5) is 0 Å². The number of halogens is 1. The Balaban J connectivity index is 1.60. The second kappa shape index (κ2) is 9.55. The molecule has 1 N–H and O–H groups in total. The maximum atomic E-state index is 10.9. The molecule has 138 valence electrons. The Morgan fingerprint density at radius 2 is 1.63 bits per heavy atom. The number of hydrogen-bond acceptors (Lipinski definition) is 2. The lowest BCUT2D eigenvalue weighted by atomic mass is 10.0. The van der Waals surface area contributed by atoms with Gasteiger partial charge in [-0.25, -0.2) is 4.79 Å². The van der Waals surface area contributed by atoms with Crippen LogP contribution in [0, 0.1) is 3.57 Å². The van der Waals surface area contributed by atoms with Gasteiger partial charge < -0.3 is 9.84 Å². The molecule has 0 aromatic heterocycles. The summed E-state index contributed by atoms with van der Waals surface area (Å²) in [6.07, 6.45) is 2.80. The lowest BCUT2D eigenvalue weighted by Crippen LogP contribution is -2.00. The van der Waals surface area contributed by atoms with E-state index in [2.05, 4.69) is 46.9 Å². The van der Waals surface area contributed by atoms with Gasteiger partial charge >= 0.3 is 5.97 Å². The van der Waals surface area contributed by atoms with Gasteiger partial charge in [-0.1, -0.05) is 42.5 Å². The highest BCUT2D eigenvalue weighted by Crippen LogP contribution is 2.24. The fourth-order valence-corrected chi connectivity index (χ4v) is 3.47. The number of benzene rings is 3. The van der Waals surface area contributed by atoms with Crippen LogP contribution in [-0.4, -0.2) is 11.1 Å². The van der Waals surface area contributed by atoms with E-state index in [1.165, 1.54) is 9.13 Å². The minimum absolute atomic E-state index is 0.327. The molecule has 0 aliphatic rings. The number of carboxylic acids is 1. The Labute approximate surface area is 173 Å². The molecule has 0 unspecified atom stereocenters. The molecular formula is C23H21IO3. The van der Waals surface area contributed by atoms with E-state index in [0.29, 0.717) is 12.2 Å². The van der Waals surface area contributed by atoms with Gasteiger partial charge in [-0.05, 0) is 88.9 Å². The molecule has 0 aliphatic carbocycles. The fourth-order valence-electron chi connectivity index (χ4n) is 2.92. The Bertz CT molecular complexity index is 889. The highest BCUT2D eigenvalue weighted by atomic mass is 127. The lowest BCUT2D eigenvalue weighted by molar-refractivity contribution is 0.0697. The monoisotopic (exact) mass is 472 g/mol. The molecule has 0 atom stereocenters. The van der Waals surface area contributed by atoms with Gasteiger partial charge in [0.2, 0.25) is 0 Å². The predicted molar refractivity (Wildman–Crippen MR) is 115 cm³/mol. The largest absolute Gasteiger partial charge is 0.489 e. The third kappa shape index (κ3) is 5.82. The summed E-state index contributed by atoms with van der Waals surface area (Å²) >= 11 is 2.32. The van der Waals surface area contributed by atoms with Crippen molar-refractivity contribution in [3.05, 3.63) is 98.6 Å². The summed E-state index contributed by atoms with van der Waals surface area (Å²) in [5.74, 6) is 0.0427. The van der Waals surface area contributed by atoms with E-state index in [1.807, 2.05) is 36.4 Å². The lowest BCUT2D eigenvalue weighted by Gasteiger charge is -2.12. The van der Waals surface area contributed by atoms with Crippen molar-refractivity contribution in [2.24, 2.45) is 0 Å².